The Bertz CT molecular complexity index is 48.5. The molecular weight excluding hydrogens is 480 g/mol. The van der Waals surface area contributed by atoms with Crippen molar-refractivity contribution in [2.45, 2.75) is 0 Å². The van der Waals surface area contributed by atoms with Crippen LogP contribution in [0.4, 0.5) is 0 Å². The summed E-state index contributed by atoms with van der Waals surface area (Å²) in [5.41, 5.74) is 28.9. The second-order valence-corrected chi connectivity index (χ2v) is 1.41. The van der Waals surface area contributed by atoms with E-state index < -0.39 is 0 Å². The second-order valence-electron chi connectivity index (χ2n) is 1.41. The van der Waals surface area contributed by atoms with Gasteiger partial charge in [0, 0.05) is 84.8 Å². The van der Waals surface area contributed by atoms with Crippen LogP contribution in [0.2, 0.25) is 0 Å². The fourth-order valence-electron chi connectivity index (χ4n) is 0. The third-order valence-corrected chi connectivity index (χ3v) is 0.408. The van der Waals surface area contributed by atoms with Gasteiger partial charge in [-0.25, -0.2) is 0 Å². The molecule has 12 N–H and O–H groups in total. The van der Waals surface area contributed by atoms with Gasteiger partial charge in [0.1, 0.15) is 0 Å². The molecule has 0 unspecified atom stereocenters. The van der Waals surface area contributed by atoms with Crippen LogP contribution >= 0.6 is 0 Å². The minimum Gasteiger partial charge on any atom is -0.482 e. The first-order chi connectivity index (χ1) is 5.74. The van der Waals surface area contributed by atoms with Gasteiger partial charge in [0.25, 0.3) is 0 Å². The summed E-state index contributed by atoms with van der Waals surface area (Å²) < 4.78 is 0. The summed E-state index contributed by atoms with van der Waals surface area (Å²) in [5, 5.41) is 0. The van der Waals surface area contributed by atoms with Gasteiger partial charge in [-0.1, -0.05) is 0 Å². The minimum atomic E-state index is 0. The van der Waals surface area contributed by atoms with E-state index in [9.17, 15) is 0 Å². The van der Waals surface area contributed by atoms with Crippen molar-refractivity contribution in [3.8, 4) is 0 Å². The maximum absolute atomic E-state index is 4.85. The Hall–Kier alpha value is 2.51. The Morgan fingerprint density at radius 2 is 0.750 bits per heavy atom. The second kappa shape index (κ2) is 65.9. The number of nitrogens with two attached hydrogens (primary N) is 6. The zero-order valence-corrected chi connectivity index (χ0v) is 17.1. The SMILES string of the molecule is N[CH-]CN.N[CH-]CN.N[CH-]CN.[Ag].[Co].[Zn].[Zr]. The maximum atomic E-state index is 4.85. The molecule has 10 heteroatoms. The minimum absolute atomic E-state index is 0. The summed E-state index contributed by atoms with van der Waals surface area (Å²) in [6, 6.07) is 0. The molecule has 0 bridgehead atoms. The molecule has 0 amide bonds. The molecule has 6 nitrogen and oxygen atoms in total. The Morgan fingerprint density at radius 1 is 0.688 bits per heavy atom. The van der Waals surface area contributed by atoms with Crippen LogP contribution in [0.3, 0.4) is 0 Å². The molecule has 104 valence electrons. The normalized spacial score (nSPS) is 5.62. The van der Waals surface area contributed by atoms with E-state index in [-0.39, 0.29) is 84.8 Å². The standard InChI is InChI=1S/3C2H7N2.Ag.Co.Zn.Zr/c3*3-1-2-4;;;;/h3*1H,2-4H2;;;;/q3*-1;;;;. The summed E-state index contributed by atoms with van der Waals surface area (Å²) >= 11 is 0. The van der Waals surface area contributed by atoms with Crippen molar-refractivity contribution in [2.75, 3.05) is 19.6 Å². The summed E-state index contributed by atoms with van der Waals surface area (Å²) in [5.74, 6) is 0. The molecule has 0 rings (SSSR count). The molecular formula is C6H21AgCoN6ZnZr-3. The fourth-order valence-corrected chi connectivity index (χ4v) is 0. The van der Waals surface area contributed by atoms with Crippen LogP contribution in [0.5, 0.6) is 0 Å². The van der Waals surface area contributed by atoms with Gasteiger partial charge in [0.2, 0.25) is 0 Å². The summed E-state index contributed by atoms with van der Waals surface area (Å²) in [4.78, 5) is 0. The van der Waals surface area contributed by atoms with E-state index >= 15 is 0 Å². The molecule has 0 saturated carbocycles. The van der Waals surface area contributed by atoms with Gasteiger partial charge in [-0.2, -0.15) is 0 Å². The fraction of sp³-hybridized carbons (Fsp3) is 0.500. The molecule has 0 heterocycles. The Kier molecular flexibility index (Phi) is 176. The monoisotopic (exact) mass is 497 g/mol. The first kappa shape index (κ1) is 42.8. The third kappa shape index (κ3) is 131. The summed E-state index contributed by atoms with van der Waals surface area (Å²) in [7, 11) is 0. The van der Waals surface area contributed by atoms with Crippen molar-refractivity contribution in [1.82, 2.24) is 0 Å². The molecule has 0 aromatic carbocycles. The van der Waals surface area contributed by atoms with Gasteiger partial charge in [-0.05, 0) is 0 Å². The van der Waals surface area contributed by atoms with Crippen LogP contribution < -0.4 is 34.4 Å². The van der Waals surface area contributed by atoms with Gasteiger partial charge < -0.3 is 34.4 Å². The van der Waals surface area contributed by atoms with Crippen LogP contribution in [-0.2, 0) is 84.8 Å². The van der Waals surface area contributed by atoms with E-state index in [2.05, 4.69) is 0 Å². The average Bonchev–Trinajstić information content (AvgIpc) is 2.18. The van der Waals surface area contributed by atoms with Gasteiger partial charge in [-0.15, -0.1) is 19.6 Å². The molecule has 0 spiro atoms. The van der Waals surface area contributed by atoms with Crippen LogP contribution in [0.25, 0.3) is 0 Å². The molecule has 0 aromatic rings. The van der Waals surface area contributed by atoms with Crippen molar-refractivity contribution in [3.63, 3.8) is 0 Å². The summed E-state index contributed by atoms with van der Waals surface area (Å²) in [6.07, 6.45) is 0. The van der Waals surface area contributed by atoms with E-state index in [0.717, 1.165) is 0 Å². The van der Waals surface area contributed by atoms with E-state index in [1.807, 2.05) is 0 Å². The number of hydrogen-bond donors (Lipinski definition) is 6. The predicted octanol–water partition coefficient (Wildman–Crippen LogP) is -2.81. The number of rotatable bonds is 3. The molecule has 0 aliphatic heterocycles. The van der Waals surface area contributed by atoms with E-state index in [0.29, 0.717) is 19.6 Å². The van der Waals surface area contributed by atoms with Gasteiger partial charge in [-0.3, -0.25) is 19.6 Å². The van der Waals surface area contributed by atoms with E-state index in [4.69, 9.17) is 34.4 Å². The maximum Gasteiger partial charge on any atom is 0 e. The average molecular weight is 501 g/mol. The molecule has 2 radical (unpaired) electrons. The third-order valence-electron chi connectivity index (χ3n) is 0.408. The zero-order chi connectivity index (χ0) is 10.2. The molecule has 16 heavy (non-hydrogen) atoms. The van der Waals surface area contributed by atoms with Crippen LogP contribution in [0.15, 0.2) is 0 Å². The van der Waals surface area contributed by atoms with Crippen molar-refractivity contribution in [2.24, 2.45) is 34.4 Å². The molecule has 0 saturated heterocycles. The van der Waals surface area contributed by atoms with Crippen molar-refractivity contribution in [3.05, 3.63) is 19.6 Å². The Labute approximate surface area is 157 Å². The van der Waals surface area contributed by atoms with Crippen LogP contribution in [-0.4, -0.2) is 19.6 Å². The van der Waals surface area contributed by atoms with E-state index in [1.54, 1.807) is 0 Å². The molecule has 0 aromatic heterocycles. The van der Waals surface area contributed by atoms with Gasteiger partial charge in [0.15, 0.2) is 0 Å². The smallest absolute Gasteiger partial charge is 0 e. The molecule has 0 atom stereocenters. The van der Waals surface area contributed by atoms with Crippen molar-refractivity contribution < 1.29 is 84.8 Å². The van der Waals surface area contributed by atoms with Crippen molar-refractivity contribution >= 4 is 0 Å². The molecule has 0 aliphatic carbocycles. The van der Waals surface area contributed by atoms with Gasteiger partial charge in [0.05, 0.1) is 0 Å². The van der Waals surface area contributed by atoms with Crippen LogP contribution in [0.1, 0.15) is 0 Å². The first-order valence-corrected chi connectivity index (χ1v) is 3.45. The topological polar surface area (TPSA) is 156 Å². The largest absolute Gasteiger partial charge is 0.482 e. The zero-order valence-electron chi connectivity index (χ0n) is 9.16. The number of hydrogen-bond acceptors (Lipinski definition) is 6. The predicted molar refractivity (Wildman–Crippen MR) is 52.6 cm³/mol. The first-order valence-electron chi connectivity index (χ1n) is 3.45. The molecule has 0 fully saturated rings. The van der Waals surface area contributed by atoms with Gasteiger partial charge >= 0.3 is 0 Å². The Morgan fingerprint density at radius 3 is 0.750 bits per heavy atom. The van der Waals surface area contributed by atoms with Crippen LogP contribution in [0, 0.1) is 19.6 Å². The quantitative estimate of drug-likeness (QED) is 0.181. The summed E-state index contributed by atoms with van der Waals surface area (Å²) in [6.45, 7) is 5.62. The molecule has 0 aliphatic rings. The van der Waals surface area contributed by atoms with E-state index in [1.165, 1.54) is 19.6 Å². The Balaban J connectivity index is -0.0000000135. The van der Waals surface area contributed by atoms with Crippen molar-refractivity contribution in [1.29, 1.82) is 0 Å².